The van der Waals surface area contributed by atoms with Gasteiger partial charge in [0.15, 0.2) is 0 Å². The Balaban J connectivity index is 1.28. The molecule has 0 radical (unpaired) electrons. The highest BCUT2D eigenvalue weighted by atomic mass is 16.5. The number of aromatic nitrogens is 4. The van der Waals surface area contributed by atoms with Crippen molar-refractivity contribution < 1.29 is 4.74 Å². The fourth-order valence-corrected chi connectivity index (χ4v) is 4.27. The third-order valence-corrected chi connectivity index (χ3v) is 5.96. The van der Waals surface area contributed by atoms with Crippen molar-refractivity contribution in [2.75, 3.05) is 18.0 Å². The molecule has 1 aliphatic rings. The maximum absolute atomic E-state index is 9.47. The Kier molecular flexibility index (Phi) is 5.49. The predicted octanol–water partition coefficient (Wildman–Crippen LogP) is 4.66. The van der Waals surface area contributed by atoms with Gasteiger partial charge in [-0.2, -0.15) is 10.4 Å². The van der Waals surface area contributed by atoms with Crippen LogP contribution < -0.4 is 9.64 Å². The van der Waals surface area contributed by atoms with E-state index in [1.54, 1.807) is 23.0 Å². The summed E-state index contributed by atoms with van der Waals surface area (Å²) in [6, 6.07) is 12.3. The molecule has 1 fully saturated rings. The Morgan fingerprint density at radius 3 is 2.64 bits per heavy atom. The largest absolute Gasteiger partial charge is 0.489 e. The maximum Gasteiger partial charge on any atom is 0.138 e. The number of pyridine rings is 3. The fourth-order valence-electron chi connectivity index (χ4n) is 4.27. The van der Waals surface area contributed by atoms with Crippen LogP contribution in [0.15, 0.2) is 61.7 Å². The zero-order valence-electron chi connectivity index (χ0n) is 18.5. The Morgan fingerprint density at radius 2 is 1.97 bits per heavy atom. The van der Waals surface area contributed by atoms with Crippen LogP contribution in [-0.4, -0.2) is 38.8 Å². The highest BCUT2D eigenvalue weighted by Crippen LogP contribution is 2.29. The van der Waals surface area contributed by atoms with Gasteiger partial charge in [0.2, 0.25) is 0 Å². The highest BCUT2D eigenvalue weighted by Gasteiger charge is 2.22. The Labute approximate surface area is 192 Å². The van der Waals surface area contributed by atoms with Crippen LogP contribution >= 0.6 is 0 Å². The molecule has 4 aromatic rings. The molecule has 7 nitrogen and oxygen atoms in total. The van der Waals surface area contributed by atoms with Crippen molar-refractivity contribution in [3.8, 4) is 22.9 Å². The Hall–Kier alpha value is -4.18. The first-order valence-corrected chi connectivity index (χ1v) is 11.0. The van der Waals surface area contributed by atoms with Gasteiger partial charge in [-0.25, -0.2) is 9.50 Å². The van der Waals surface area contributed by atoms with Crippen LogP contribution in [0, 0.1) is 18.3 Å². The molecule has 0 atom stereocenters. The number of hydrogen-bond donors (Lipinski definition) is 0. The number of anilines is 1. The lowest BCUT2D eigenvalue weighted by atomic mass is 10.0. The molecule has 1 saturated heterocycles. The number of ether oxygens (including phenoxy) is 1. The van der Waals surface area contributed by atoms with Gasteiger partial charge in [-0.3, -0.25) is 4.98 Å². The van der Waals surface area contributed by atoms with Gasteiger partial charge >= 0.3 is 0 Å². The number of hydrogen-bond acceptors (Lipinski definition) is 6. The van der Waals surface area contributed by atoms with Crippen LogP contribution in [0.5, 0.6) is 5.75 Å². The van der Waals surface area contributed by atoms with Crippen LogP contribution in [-0.2, 0) is 0 Å². The van der Waals surface area contributed by atoms with E-state index < -0.39 is 0 Å². The van der Waals surface area contributed by atoms with E-state index in [1.807, 2.05) is 31.5 Å². The first kappa shape index (κ1) is 20.7. The average Bonchev–Trinajstić information content (AvgIpc) is 3.27. The van der Waals surface area contributed by atoms with E-state index in [9.17, 15) is 5.26 Å². The van der Waals surface area contributed by atoms with Crippen LogP contribution in [0.2, 0.25) is 0 Å². The van der Waals surface area contributed by atoms with E-state index in [0.29, 0.717) is 5.56 Å². The van der Waals surface area contributed by atoms with Crippen LogP contribution in [0.1, 0.15) is 29.7 Å². The van der Waals surface area contributed by atoms with Crippen molar-refractivity contribution in [2.45, 2.75) is 25.9 Å². The predicted molar refractivity (Wildman–Crippen MR) is 128 cm³/mol. The first-order chi connectivity index (χ1) is 16.1. The molecule has 33 heavy (non-hydrogen) atoms. The number of nitriles is 1. The summed E-state index contributed by atoms with van der Waals surface area (Å²) in [4.78, 5) is 11.3. The molecular weight excluding hydrogens is 412 g/mol. The van der Waals surface area contributed by atoms with Crippen molar-refractivity contribution in [2.24, 2.45) is 0 Å². The molecule has 0 unspecified atom stereocenters. The minimum atomic E-state index is 0.170. The Morgan fingerprint density at radius 1 is 1.12 bits per heavy atom. The zero-order chi connectivity index (χ0) is 22.8. The molecule has 5 heterocycles. The summed E-state index contributed by atoms with van der Waals surface area (Å²) in [6.45, 7) is 7.51. The summed E-state index contributed by atoms with van der Waals surface area (Å²) >= 11 is 0. The molecule has 7 heteroatoms. The van der Waals surface area contributed by atoms with Crippen LogP contribution in [0.3, 0.4) is 0 Å². The standard InChI is InChI=1S/C26H24N6O/c1-3-21-5-6-23(16-28-21)33-22-8-10-31(11-9-22)25-7-4-19(14-29-25)24-12-18(2)17-32-26(24)20(13-27)15-30-32/h3-7,12,14-17,22H,1,8-11H2,2H3. The zero-order valence-corrected chi connectivity index (χ0v) is 18.5. The van der Waals surface area contributed by atoms with Gasteiger partial charge in [-0.15, -0.1) is 0 Å². The minimum absolute atomic E-state index is 0.170. The smallest absolute Gasteiger partial charge is 0.138 e. The lowest BCUT2D eigenvalue weighted by Gasteiger charge is -2.33. The summed E-state index contributed by atoms with van der Waals surface area (Å²) in [5.41, 5.74) is 5.22. The summed E-state index contributed by atoms with van der Waals surface area (Å²) in [5.74, 6) is 1.74. The molecule has 0 amide bonds. The number of piperidine rings is 1. The molecular formula is C26H24N6O. The summed E-state index contributed by atoms with van der Waals surface area (Å²) in [6.07, 6.45) is 10.9. The van der Waals surface area contributed by atoms with E-state index in [4.69, 9.17) is 9.72 Å². The van der Waals surface area contributed by atoms with Gasteiger partial charge < -0.3 is 9.64 Å². The second kappa shape index (κ2) is 8.75. The first-order valence-electron chi connectivity index (χ1n) is 11.0. The molecule has 0 saturated carbocycles. The maximum atomic E-state index is 9.47. The summed E-state index contributed by atoms with van der Waals surface area (Å²) in [5, 5.41) is 13.8. The topological polar surface area (TPSA) is 79.3 Å². The molecule has 164 valence electrons. The monoisotopic (exact) mass is 436 g/mol. The minimum Gasteiger partial charge on any atom is -0.489 e. The molecule has 0 aliphatic carbocycles. The van der Waals surface area contributed by atoms with E-state index >= 15 is 0 Å². The van der Waals surface area contributed by atoms with Gasteiger partial charge in [-0.05, 0) is 48.9 Å². The van der Waals surface area contributed by atoms with Crippen molar-refractivity contribution >= 4 is 17.4 Å². The molecule has 1 aliphatic heterocycles. The van der Waals surface area contributed by atoms with E-state index in [2.05, 4.69) is 45.8 Å². The number of rotatable bonds is 5. The van der Waals surface area contributed by atoms with Crippen molar-refractivity contribution in [3.63, 3.8) is 0 Å². The van der Waals surface area contributed by atoms with Crippen molar-refractivity contribution in [1.82, 2.24) is 19.6 Å². The van der Waals surface area contributed by atoms with Gasteiger partial charge in [0.25, 0.3) is 0 Å². The molecule has 0 bridgehead atoms. The number of fused-ring (bicyclic) bond motifs is 1. The molecule has 0 aromatic carbocycles. The quantitative estimate of drug-likeness (QED) is 0.453. The second-order valence-electron chi connectivity index (χ2n) is 8.23. The van der Waals surface area contributed by atoms with Gasteiger partial charge in [0.1, 0.15) is 23.7 Å². The third kappa shape index (κ3) is 4.15. The normalized spacial score (nSPS) is 14.2. The fraction of sp³-hybridized carbons (Fsp3) is 0.231. The third-order valence-electron chi connectivity index (χ3n) is 5.96. The second-order valence-corrected chi connectivity index (χ2v) is 8.23. The Bertz CT molecular complexity index is 1330. The van der Waals surface area contributed by atoms with E-state index in [0.717, 1.165) is 65.4 Å². The van der Waals surface area contributed by atoms with Crippen molar-refractivity contribution in [1.29, 1.82) is 5.26 Å². The molecule has 0 N–H and O–H groups in total. The van der Waals surface area contributed by atoms with Gasteiger partial charge in [0.05, 0.1) is 29.2 Å². The summed E-state index contributed by atoms with van der Waals surface area (Å²) in [7, 11) is 0. The van der Waals surface area contributed by atoms with Crippen molar-refractivity contribution in [3.05, 3.63) is 78.5 Å². The average molecular weight is 437 g/mol. The molecule has 4 aromatic heterocycles. The van der Waals surface area contributed by atoms with Gasteiger partial charge in [0, 0.05) is 49.5 Å². The van der Waals surface area contributed by atoms with E-state index in [-0.39, 0.29) is 6.10 Å². The van der Waals surface area contributed by atoms with Crippen LogP contribution in [0.25, 0.3) is 22.7 Å². The lowest BCUT2D eigenvalue weighted by molar-refractivity contribution is 0.170. The highest BCUT2D eigenvalue weighted by molar-refractivity contribution is 5.84. The van der Waals surface area contributed by atoms with Crippen LogP contribution in [0.4, 0.5) is 5.82 Å². The van der Waals surface area contributed by atoms with Gasteiger partial charge in [-0.1, -0.05) is 6.58 Å². The SMILES string of the molecule is C=Cc1ccc(OC2CCN(c3ccc(-c4cc(C)cn5ncc(C#N)c45)cn3)CC2)cn1. The molecule has 0 spiro atoms. The van der Waals surface area contributed by atoms with E-state index in [1.165, 1.54) is 0 Å². The molecule has 5 rings (SSSR count). The lowest BCUT2D eigenvalue weighted by Crippen LogP contribution is -2.38. The summed E-state index contributed by atoms with van der Waals surface area (Å²) < 4.78 is 7.87. The number of nitrogens with zero attached hydrogens (tertiary/aromatic N) is 6. The number of aryl methyl sites for hydroxylation is 1.